The zero-order valence-corrected chi connectivity index (χ0v) is 12.5. The smallest absolute Gasteiger partial charge is 0.175 e. The maximum absolute atomic E-state index is 12.3. The summed E-state index contributed by atoms with van der Waals surface area (Å²) in [4.78, 5) is 13.4. The lowest BCUT2D eigenvalue weighted by atomic mass is 10.1. The number of carbonyl (C=O) groups excluding carboxylic acids is 1. The standard InChI is InChI=1S/C16H15ClOS/c1-11-4-3-5-15(10-11)19-12(2)16(18)13-6-8-14(17)9-7-13/h3-10,12H,1-2H3. The Morgan fingerprint density at radius 2 is 1.84 bits per heavy atom. The van der Waals surface area contributed by atoms with Crippen molar-refractivity contribution in [3.63, 3.8) is 0 Å². The molecular formula is C16H15ClOS. The van der Waals surface area contributed by atoms with Gasteiger partial charge in [0, 0.05) is 15.5 Å². The van der Waals surface area contributed by atoms with Gasteiger partial charge in [-0.05, 0) is 50.2 Å². The molecule has 0 aromatic heterocycles. The van der Waals surface area contributed by atoms with Crippen molar-refractivity contribution in [2.24, 2.45) is 0 Å². The van der Waals surface area contributed by atoms with Crippen LogP contribution in [0.25, 0.3) is 0 Å². The largest absolute Gasteiger partial charge is 0.293 e. The summed E-state index contributed by atoms with van der Waals surface area (Å²) in [5.41, 5.74) is 1.91. The fraction of sp³-hybridized carbons (Fsp3) is 0.188. The van der Waals surface area contributed by atoms with Crippen LogP contribution in [0.5, 0.6) is 0 Å². The minimum absolute atomic E-state index is 0.108. The van der Waals surface area contributed by atoms with Crippen LogP contribution in [0.3, 0.4) is 0 Å². The quantitative estimate of drug-likeness (QED) is 0.581. The van der Waals surface area contributed by atoms with E-state index in [1.807, 2.05) is 19.1 Å². The van der Waals surface area contributed by atoms with E-state index in [0.717, 1.165) is 4.90 Å². The van der Waals surface area contributed by atoms with E-state index < -0.39 is 0 Å². The van der Waals surface area contributed by atoms with Crippen LogP contribution in [0.1, 0.15) is 22.8 Å². The van der Waals surface area contributed by atoms with Crippen LogP contribution in [0.15, 0.2) is 53.4 Å². The van der Waals surface area contributed by atoms with E-state index in [4.69, 9.17) is 11.6 Å². The normalized spacial score (nSPS) is 12.2. The highest BCUT2D eigenvalue weighted by atomic mass is 35.5. The van der Waals surface area contributed by atoms with E-state index in [1.54, 1.807) is 36.0 Å². The van der Waals surface area contributed by atoms with Gasteiger partial charge in [-0.3, -0.25) is 4.79 Å². The molecule has 0 radical (unpaired) electrons. The molecule has 0 aliphatic rings. The van der Waals surface area contributed by atoms with Crippen molar-refractivity contribution >= 4 is 29.1 Å². The van der Waals surface area contributed by atoms with Gasteiger partial charge >= 0.3 is 0 Å². The summed E-state index contributed by atoms with van der Waals surface area (Å²) in [6.45, 7) is 3.99. The lowest BCUT2D eigenvalue weighted by Gasteiger charge is -2.10. The topological polar surface area (TPSA) is 17.1 Å². The summed E-state index contributed by atoms with van der Waals surface area (Å²) in [6, 6.07) is 15.2. The highest BCUT2D eigenvalue weighted by Crippen LogP contribution is 2.26. The van der Waals surface area contributed by atoms with Crippen LogP contribution in [-0.2, 0) is 0 Å². The van der Waals surface area contributed by atoms with Gasteiger partial charge in [0.25, 0.3) is 0 Å². The summed E-state index contributed by atoms with van der Waals surface area (Å²) >= 11 is 7.41. The van der Waals surface area contributed by atoms with Crippen molar-refractivity contribution in [3.8, 4) is 0 Å². The van der Waals surface area contributed by atoms with E-state index in [1.165, 1.54) is 5.56 Å². The van der Waals surface area contributed by atoms with Gasteiger partial charge in [0.05, 0.1) is 5.25 Å². The predicted molar refractivity (Wildman–Crippen MR) is 82.3 cm³/mol. The van der Waals surface area contributed by atoms with Crippen molar-refractivity contribution in [2.75, 3.05) is 0 Å². The summed E-state index contributed by atoms with van der Waals surface area (Å²) in [7, 11) is 0. The van der Waals surface area contributed by atoms with Crippen LogP contribution in [0.2, 0.25) is 5.02 Å². The zero-order chi connectivity index (χ0) is 13.8. The molecule has 0 spiro atoms. The molecule has 0 bridgehead atoms. The minimum Gasteiger partial charge on any atom is -0.293 e. The number of halogens is 1. The molecule has 0 amide bonds. The Kier molecular flexibility index (Phi) is 4.67. The van der Waals surface area contributed by atoms with Gasteiger partial charge in [0.2, 0.25) is 0 Å². The number of aryl methyl sites for hydroxylation is 1. The van der Waals surface area contributed by atoms with Gasteiger partial charge in [-0.2, -0.15) is 0 Å². The number of carbonyl (C=O) groups is 1. The fourth-order valence-electron chi connectivity index (χ4n) is 1.80. The second-order valence-electron chi connectivity index (χ2n) is 4.45. The van der Waals surface area contributed by atoms with Crippen molar-refractivity contribution in [2.45, 2.75) is 24.0 Å². The van der Waals surface area contributed by atoms with Crippen LogP contribution in [0.4, 0.5) is 0 Å². The number of ketones is 1. The Balaban J connectivity index is 2.09. The molecule has 2 rings (SSSR count). The zero-order valence-electron chi connectivity index (χ0n) is 10.9. The number of hydrogen-bond donors (Lipinski definition) is 0. The SMILES string of the molecule is Cc1cccc(SC(C)C(=O)c2ccc(Cl)cc2)c1. The third-order valence-corrected chi connectivity index (χ3v) is 4.15. The lowest BCUT2D eigenvalue weighted by Crippen LogP contribution is -2.13. The predicted octanol–water partition coefficient (Wildman–Crippen LogP) is 5.01. The molecule has 1 unspecified atom stereocenters. The summed E-state index contributed by atoms with van der Waals surface area (Å²) in [5.74, 6) is 0.128. The lowest BCUT2D eigenvalue weighted by molar-refractivity contribution is 0.0994. The monoisotopic (exact) mass is 290 g/mol. The molecule has 0 saturated carbocycles. The maximum Gasteiger partial charge on any atom is 0.175 e. The molecule has 2 aromatic carbocycles. The Hall–Kier alpha value is -1.25. The first kappa shape index (κ1) is 14.2. The van der Waals surface area contributed by atoms with Gasteiger partial charge in [-0.1, -0.05) is 29.3 Å². The maximum atomic E-state index is 12.3. The van der Waals surface area contributed by atoms with Crippen molar-refractivity contribution in [3.05, 3.63) is 64.7 Å². The molecule has 0 saturated heterocycles. The van der Waals surface area contributed by atoms with Crippen LogP contribution in [0, 0.1) is 6.92 Å². The minimum atomic E-state index is -0.108. The second kappa shape index (κ2) is 6.27. The van der Waals surface area contributed by atoms with Crippen molar-refractivity contribution in [1.29, 1.82) is 0 Å². The molecule has 1 nitrogen and oxygen atoms in total. The Bertz CT molecular complexity index is 578. The van der Waals surface area contributed by atoms with E-state index >= 15 is 0 Å². The van der Waals surface area contributed by atoms with E-state index in [-0.39, 0.29) is 11.0 Å². The molecule has 1 atom stereocenters. The van der Waals surface area contributed by atoms with Gasteiger partial charge in [-0.15, -0.1) is 11.8 Å². The molecule has 2 aromatic rings. The first-order chi connectivity index (χ1) is 9.06. The molecule has 0 aliphatic carbocycles. The van der Waals surface area contributed by atoms with Crippen molar-refractivity contribution in [1.82, 2.24) is 0 Å². The van der Waals surface area contributed by atoms with Crippen molar-refractivity contribution < 1.29 is 4.79 Å². The Morgan fingerprint density at radius 3 is 2.47 bits per heavy atom. The summed E-state index contributed by atoms with van der Waals surface area (Å²) in [6.07, 6.45) is 0. The van der Waals surface area contributed by atoms with Crippen LogP contribution >= 0.6 is 23.4 Å². The Labute approximate surface area is 123 Å². The van der Waals surface area contributed by atoms with Gasteiger partial charge in [-0.25, -0.2) is 0 Å². The van der Waals surface area contributed by atoms with E-state index in [2.05, 4.69) is 19.1 Å². The highest BCUT2D eigenvalue weighted by Gasteiger charge is 2.16. The van der Waals surface area contributed by atoms with Gasteiger partial charge in [0.15, 0.2) is 5.78 Å². The average Bonchev–Trinajstić information content (AvgIpc) is 2.39. The molecule has 98 valence electrons. The summed E-state index contributed by atoms with van der Waals surface area (Å²) < 4.78 is 0. The molecule has 3 heteroatoms. The Morgan fingerprint density at radius 1 is 1.16 bits per heavy atom. The molecule has 0 N–H and O–H groups in total. The molecule has 19 heavy (non-hydrogen) atoms. The average molecular weight is 291 g/mol. The first-order valence-electron chi connectivity index (χ1n) is 6.09. The number of rotatable bonds is 4. The molecule has 0 heterocycles. The molecule has 0 aliphatic heterocycles. The third kappa shape index (κ3) is 3.85. The number of Topliss-reactive ketones (excluding diaryl/α,β-unsaturated/α-hetero) is 1. The fourth-order valence-corrected chi connectivity index (χ4v) is 2.98. The van der Waals surface area contributed by atoms with Gasteiger partial charge < -0.3 is 0 Å². The van der Waals surface area contributed by atoms with E-state index in [0.29, 0.717) is 10.6 Å². The highest BCUT2D eigenvalue weighted by molar-refractivity contribution is 8.00. The van der Waals surface area contributed by atoms with E-state index in [9.17, 15) is 4.79 Å². The number of hydrogen-bond acceptors (Lipinski definition) is 2. The number of thioether (sulfide) groups is 1. The first-order valence-corrected chi connectivity index (χ1v) is 7.35. The summed E-state index contributed by atoms with van der Waals surface area (Å²) in [5, 5.41) is 0.540. The van der Waals surface area contributed by atoms with Crippen LogP contribution in [-0.4, -0.2) is 11.0 Å². The molecule has 0 fully saturated rings. The third-order valence-electron chi connectivity index (χ3n) is 2.80. The van der Waals surface area contributed by atoms with Crippen LogP contribution < -0.4 is 0 Å². The number of benzene rings is 2. The molecular weight excluding hydrogens is 276 g/mol. The second-order valence-corrected chi connectivity index (χ2v) is 6.30. The van der Waals surface area contributed by atoms with Gasteiger partial charge in [0.1, 0.15) is 0 Å².